The van der Waals surface area contributed by atoms with Gasteiger partial charge in [-0.05, 0) is 51.0 Å². The second-order valence-electron chi connectivity index (χ2n) is 6.47. The molecule has 1 N–H and O–H groups in total. The second kappa shape index (κ2) is 9.23. The Morgan fingerprint density at radius 2 is 1.81 bits per heavy atom. The van der Waals surface area contributed by atoms with Crippen LogP contribution in [0.3, 0.4) is 0 Å². The van der Waals surface area contributed by atoms with Crippen LogP contribution in [0.25, 0.3) is 0 Å². The van der Waals surface area contributed by atoms with E-state index in [9.17, 15) is 13.2 Å². The Bertz CT molecular complexity index is 682. The number of sulfonamides is 1. The quantitative estimate of drug-likeness (QED) is 0.736. The monoisotopic (exact) mass is 384 g/mol. The van der Waals surface area contributed by atoms with E-state index < -0.39 is 10.0 Å². The van der Waals surface area contributed by atoms with E-state index in [2.05, 4.69) is 5.32 Å². The SMILES string of the molecule is CCS(=O)(=O)N1CCC(C(=O)NC(C)COc2ccc(OC)cc2)CC1. The molecule has 0 spiro atoms. The van der Waals surface area contributed by atoms with Gasteiger partial charge in [0, 0.05) is 19.0 Å². The van der Waals surface area contributed by atoms with Gasteiger partial charge in [-0.25, -0.2) is 12.7 Å². The summed E-state index contributed by atoms with van der Waals surface area (Å²) in [7, 11) is -1.56. The minimum absolute atomic E-state index is 0.0376. The molecule has 0 saturated carbocycles. The number of hydrogen-bond acceptors (Lipinski definition) is 5. The first-order valence-electron chi connectivity index (χ1n) is 8.90. The topological polar surface area (TPSA) is 84.9 Å². The van der Waals surface area contributed by atoms with Gasteiger partial charge in [0.2, 0.25) is 15.9 Å². The van der Waals surface area contributed by atoms with Crippen LogP contribution in [0.4, 0.5) is 0 Å². The van der Waals surface area contributed by atoms with Crippen LogP contribution < -0.4 is 14.8 Å². The zero-order valence-electron chi connectivity index (χ0n) is 15.6. The smallest absolute Gasteiger partial charge is 0.223 e. The standard InChI is InChI=1S/C18H28N2O5S/c1-4-26(22,23)20-11-9-15(10-12-20)18(21)19-14(2)13-25-17-7-5-16(24-3)6-8-17/h5-8,14-15H,4,9-13H2,1-3H3,(H,19,21). The minimum Gasteiger partial charge on any atom is -0.497 e. The number of nitrogens with zero attached hydrogens (tertiary/aromatic N) is 1. The van der Waals surface area contributed by atoms with Crippen molar-refractivity contribution in [2.75, 3.05) is 32.6 Å². The second-order valence-corrected chi connectivity index (χ2v) is 8.73. The zero-order valence-corrected chi connectivity index (χ0v) is 16.4. The Hall–Kier alpha value is -1.80. The van der Waals surface area contributed by atoms with E-state index in [0.717, 1.165) is 5.75 Å². The number of methoxy groups -OCH3 is 1. The Balaban J connectivity index is 1.75. The van der Waals surface area contributed by atoms with Crippen molar-refractivity contribution in [3.63, 3.8) is 0 Å². The Morgan fingerprint density at radius 1 is 1.23 bits per heavy atom. The summed E-state index contributed by atoms with van der Waals surface area (Å²) in [6.45, 7) is 4.70. The van der Waals surface area contributed by atoms with Crippen LogP contribution in [0.15, 0.2) is 24.3 Å². The lowest BCUT2D eigenvalue weighted by Gasteiger charge is -2.30. The van der Waals surface area contributed by atoms with Crippen LogP contribution in [0.1, 0.15) is 26.7 Å². The summed E-state index contributed by atoms with van der Waals surface area (Å²) in [4.78, 5) is 12.4. The number of amides is 1. The van der Waals surface area contributed by atoms with Gasteiger partial charge >= 0.3 is 0 Å². The maximum atomic E-state index is 12.4. The molecule has 1 aliphatic heterocycles. The van der Waals surface area contributed by atoms with Crippen LogP contribution in [0.2, 0.25) is 0 Å². The van der Waals surface area contributed by atoms with Crippen molar-refractivity contribution in [2.24, 2.45) is 5.92 Å². The summed E-state index contributed by atoms with van der Waals surface area (Å²) in [5, 5.41) is 2.95. The molecule has 0 bridgehead atoms. The van der Waals surface area contributed by atoms with Gasteiger partial charge in [0.25, 0.3) is 0 Å². The summed E-state index contributed by atoms with van der Waals surface area (Å²) in [6, 6.07) is 7.13. The van der Waals surface area contributed by atoms with E-state index in [1.807, 2.05) is 31.2 Å². The lowest BCUT2D eigenvalue weighted by Crippen LogP contribution is -2.46. The van der Waals surface area contributed by atoms with E-state index in [0.29, 0.717) is 38.3 Å². The molecule has 1 aromatic rings. The van der Waals surface area contributed by atoms with E-state index in [1.165, 1.54) is 4.31 Å². The van der Waals surface area contributed by atoms with Crippen LogP contribution in [0, 0.1) is 5.92 Å². The molecule has 8 heteroatoms. The molecule has 1 amide bonds. The van der Waals surface area contributed by atoms with Crippen molar-refractivity contribution < 1.29 is 22.7 Å². The molecule has 1 heterocycles. The van der Waals surface area contributed by atoms with E-state index in [-0.39, 0.29) is 23.6 Å². The molecular formula is C18H28N2O5S. The highest BCUT2D eigenvalue weighted by Crippen LogP contribution is 2.20. The van der Waals surface area contributed by atoms with Crippen molar-refractivity contribution in [3.8, 4) is 11.5 Å². The lowest BCUT2D eigenvalue weighted by atomic mass is 9.97. The summed E-state index contributed by atoms with van der Waals surface area (Å²) < 4.78 is 36.0. The first-order valence-corrected chi connectivity index (χ1v) is 10.5. The molecule has 2 rings (SSSR count). The Morgan fingerprint density at radius 3 is 2.35 bits per heavy atom. The molecular weight excluding hydrogens is 356 g/mol. The number of ether oxygens (including phenoxy) is 2. The molecule has 1 saturated heterocycles. The van der Waals surface area contributed by atoms with Crippen LogP contribution in [0.5, 0.6) is 11.5 Å². The predicted octanol–water partition coefficient (Wildman–Crippen LogP) is 1.64. The van der Waals surface area contributed by atoms with Gasteiger partial charge in [-0.15, -0.1) is 0 Å². The van der Waals surface area contributed by atoms with Gasteiger partial charge in [0.1, 0.15) is 18.1 Å². The Kier molecular flexibility index (Phi) is 7.28. The van der Waals surface area contributed by atoms with Gasteiger partial charge < -0.3 is 14.8 Å². The van der Waals surface area contributed by atoms with E-state index in [4.69, 9.17) is 9.47 Å². The third kappa shape index (κ3) is 5.60. The third-order valence-electron chi connectivity index (χ3n) is 4.53. The number of piperidine rings is 1. The van der Waals surface area contributed by atoms with Gasteiger partial charge in [-0.1, -0.05) is 0 Å². The van der Waals surface area contributed by atoms with Crippen molar-refractivity contribution in [1.29, 1.82) is 0 Å². The molecule has 26 heavy (non-hydrogen) atoms. The van der Waals surface area contributed by atoms with Gasteiger partial charge in [-0.3, -0.25) is 4.79 Å². The van der Waals surface area contributed by atoms with E-state index in [1.54, 1.807) is 14.0 Å². The summed E-state index contributed by atoms with van der Waals surface area (Å²) in [5.74, 6) is 1.38. The maximum absolute atomic E-state index is 12.4. The fraction of sp³-hybridized carbons (Fsp3) is 0.611. The minimum atomic E-state index is -3.17. The molecule has 0 radical (unpaired) electrons. The van der Waals surface area contributed by atoms with Gasteiger partial charge in [0.05, 0.1) is 18.9 Å². The largest absolute Gasteiger partial charge is 0.497 e. The summed E-state index contributed by atoms with van der Waals surface area (Å²) >= 11 is 0. The number of nitrogens with one attached hydrogen (secondary N) is 1. The highest BCUT2D eigenvalue weighted by molar-refractivity contribution is 7.89. The third-order valence-corrected chi connectivity index (χ3v) is 6.41. The number of rotatable bonds is 8. The first kappa shape index (κ1) is 20.5. The molecule has 1 fully saturated rings. The molecule has 0 aliphatic carbocycles. The molecule has 7 nitrogen and oxygen atoms in total. The molecule has 1 atom stereocenters. The highest BCUT2D eigenvalue weighted by atomic mass is 32.2. The van der Waals surface area contributed by atoms with Crippen molar-refractivity contribution in [1.82, 2.24) is 9.62 Å². The van der Waals surface area contributed by atoms with Gasteiger partial charge in [-0.2, -0.15) is 0 Å². The number of carbonyl (C=O) groups is 1. The van der Waals surface area contributed by atoms with E-state index >= 15 is 0 Å². The zero-order chi connectivity index (χ0) is 19.2. The van der Waals surface area contributed by atoms with Crippen LogP contribution in [-0.4, -0.2) is 57.2 Å². The Labute approximate surface area is 155 Å². The molecule has 0 aromatic heterocycles. The molecule has 146 valence electrons. The van der Waals surface area contributed by atoms with Crippen LogP contribution >= 0.6 is 0 Å². The fourth-order valence-electron chi connectivity index (χ4n) is 2.87. The molecule has 1 aromatic carbocycles. The van der Waals surface area contributed by atoms with Crippen LogP contribution in [-0.2, 0) is 14.8 Å². The lowest BCUT2D eigenvalue weighted by molar-refractivity contribution is -0.126. The average Bonchev–Trinajstić information content (AvgIpc) is 2.66. The summed E-state index contributed by atoms with van der Waals surface area (Å²) in [5.41, 5.74) is 0. The molecule has 1 aliphatic rings. The average molecular weight is 384 g/mol. The van der Waals surface area contributed by atoms with Crippen molar-refractivity contribution >= 4 is 15.9 Å². The maximum Gasteiger partial charge on any atom is 0.223 e. The fourth-order valence-corrected chi connectivity index (χ4v) is 4.01. The predicted molar refractivity (Wildman–Crippen MR) is 99.9 cm³/mol. The first-order chi connectivity index (χ1) is 12.4. The highest BCUT2D eigenvalue weighted by Gasteiger charge is 2.30. The van der Waals surface area contributed by atoms with Gasteiger partial charge in [0.15, 0.2) is 0 Å². The van der Waals surface area contributed by atoms with Crippen molar-refractivity contribution in [2.45, 2.75) is 32.7 Å². The number of benzene rings is 1. The summed E-state index contributed by atoms with van der Waals surface area (Å²) in [6.07, 6.45) is 1.11. The normalized spacial score (nSPS) is 17.5. The number of hydrogen-bond donors (Lipinski definition) is 1. The van der Waals surface area contributed by atoms with Crippen molar-refractivity contribution in [3.05, 3.63) is 24.3 Å². The number of carbonyl (C=O) groups excluding carboxylic acids is 1. The molecule has 1 unspecified atom stereocenters.